The monoisotopic (exact) mass is 255 g/mol. The zero-order valence-corrected chi connectivity index (χ0v) is 10.5. The number of para-hydroxylation sites is 1. The van der Waals surface area contributed by atoms with Gasteiger partial charge >= 0.3 is 0 Å². The molecule has 1 aromatic rings. The van der Waals surface area contributed by atoms with Crippen molar-refractivity contribution in [1.82, 2.24) is 4.72 Å². The van der Waals surface area contributed by atoms with Crippen molar-refractivity contribution in [2.24, 2.45) is 11.8 Å². The van der Waals surface area contributed by atoms with Crippen LogP contribution in [0.15, 0.2) is 29.2 Å². The van der Waals surface area contributed by atoms with Gasteiger partial charge in [-0.05, 0) is 24.5 Å². The van der Waals surface area contributed by atoms with Gasteiger partial charge in [-0.3, -0.25) is 5.84 Å². The van der Waals surface area contributed by atoms with E-state index in [0.717, 1.165) is 12.8 Å². The van der Waals surface area contributed by atoms with Gasteiger partial charge in [-0.2, -0.15) is 0 Å². The Morgan fingerprint density at radius 3 is 2.71 bits per heavy atom. The summed E-state index contributed by atoms with van der Waals surface area (Å²) in [5.41, 5.74) is 2.81. The van der Waals surface area contributed by atoms with Gasteiger partial charge in [-0.1, -0.05) is 25.5 Å². The molecule has 1 aliphatic rings. The van der Waals surface area contributed by atoms with E-state index in [1.807, 2.05) is 0 Å². The van der Waals surface area contributed by atoms with Crippen LogP contribution in [0.1, 0.15) is 19.8 Å². The molecular formula is C11H17N3O2S. The van der Waals surface area contributed by atoms with Crippen LogP contribution in [0.25, 0.3) is 0 Å². The maximum absolute atomic E-state index is 12.1. The number of rotatable bonds is 5. The molecule has 5 nitrogen and oxygen atoms in total. The number of nitrogen functional groups attached to an aromatic ring is 1. The van der Waals surface area contributed by atoms with Crippen LogP contribution in [0.3, 0.4) is 0 Å². The molecule has 2 rings (SSSR count). The van der Waals surface area contributed by atoms with Crippen LogP contribution in [0.5, 0.6) is 0 Å². The standard InChI is InChI=1S/C11H17N3O2S/c1-2-8-7-10(8)14-17(15,16)11-6-4-3-5-9(11)13-12/h3-6,8,10,13-14H,2,7,12H2,1H3. The van der Waals surface area contributed by atoms with Crippen LogP contribution < -0.4 is 16.0 Å². The molecule has 0 heterocycles. The van der Waals surface area contributed by atoms with Crippen molar-refractivity contribution in [2.45, 2.75) is 30.7 Å². The first kappa shape index (κ1) is 12.3. The molecule has 2 atom stereocenters. The molecule has 0 radical (unpaired) electrons. The SMILES string of the molecule is CCC1CC1NS(=O)(=O)c1ccccc1NN. The summed E-state index contributed by atoms with van der Waals surface area (Å²) in [7, 11) is -3.48. The van der Waals surface area contributed by atoms with Gasteiger partial charge < -0.3 is 5.43 Å². The fourth-order valence-electron chi connectivity index (χ4n) is 1.93. The molecule has 1 aromatic carbocycles. The van der Waals surface area contributed by atoms with Gasteiger partial charge in [0.15, 0.2) is 0 Å². The Kier molecular flexibility index (Phi) is 3.37. The third-order valence-electron chi connectivity index (χ3n) is 3.09. The number of hydrogen-bond acceptors (Lipinski definition) is 4. The number of hydrazine groups is 1. The van der Waals surface area contributed by atoms with Crippen molar-refractivity contribution in [1.29, 1.82) is 0 Å². The molecule has 0 bridgehead atoms. The van der Waals surface area contributed by atoms with Crippen molar-refractivity contribution in [3.63, 3.8) is 0 Å². The zero-order valence-electron chi connectivity index (χ0n) is 9.68. The third-order valence-corrected chi connectivity index (χ3v) is 4.63. The number of anilines is 1. The van der Waals surface area contributed by atoms with Crippen LogP contribution in [-0.2, 0) is 10.0 Å². The first-order chi connectivity index (χ1) is 8.08. The van der Waals surface area contributed by atoms with E-state index in [-0.39, 0.29) is 10.9 Å². The number of sulfonamides is 1. The fraction of sp³-hybridized carbons (Fsp3) is 0.455. The summed E-state index contributed by atoms with van der Waals surface area (Å²) in [6, 6.07) is 6.68. The summed E-state index contributed by atoms with van der Waals surface area (Å²) in [6.07, 6.45) is 1.93. The van der Waals surface area contributed by atoms with Crippen LogP contribution in [0.2, 0.25) is 0 Å². The second kappa shape index (κ2) is 4.64. The summed E-state index contributed by atoms with van der Waals surface area (Å²) in [5, 5.41) is 0. The Labute approximate surface area is 101 Å². The van der Waals surface area contributed by atoms with E-state index in [2.05, 4.69) is 17.1 Å². The number of nitrogens with one attached hydrogen (secondary N) is 2. The van der Waals surface area contributed by atoms with Crippen molar-refractivity contribution in [3.8, 4) is 0 Å². The van der Waals surface area contributed by atoms with E-state index < -0.39 is 10.0 Å². The third kappa shape index (κ3) is 2.59. The zero-order chi connectivity index (χ0) is 12.5. The summed E-state index contributed by atoms with van der Waals surface area (Å²) in [6.45, 7) is 2.06. The predicted octanol–water partition coefficient (Wildman–Crippen LogP) is 1.05. The molecule has 1 fully saturated rings. The molecule has 1 saturated carbocycles. The average Bonchev–Trinajstić information content (AvgIpc) is 3.06. The minimum absolute atomic E-state index is 0.0795. The second-order valence-corrected chi connectivity index (χ2v) is 5.95. The minimum atomic E-state index is -3.48. The molecule has 0 amide bonds. The molecule has 4 N–H and O–H groups in total. The lowest BCUT2D eigenvalue weighted by molar-refractivity contribution is 0.576. The largest absolute Gasteiger partial charge is 0.323 e. The van der Waals surface area contributed by atoms with Crippen molar-refractivity contribution < 1.29 is 8.42 Å². The van der Waals surface area contributed by atoms with Crippen molar-refractivity contribution >= 4 is 15.7 Å². The van der Waals surface area contributed by atoms with Gasteiger partial charge in [-0.25, -0.2) is 13.1 Å². The van der Waals surface area contributed by atoms with E-state index >= 15 is 0 Å². The molecule has 1 aliphatic carbocycles. The number of nitrogens with two attached hydrogens (primary N) is 1. The molecule has 2 unspecified atom stereocenters. The summed E-state index contributed by atoms with van der Waals surface area (Å²) in [5.74, 6) is 5.78. The van der Waals surface area contributed by atoms with Gasteiger partial charge in [0.2, 0.25) is 10.0 Å². The maximum atomic E-state index is 12.1. The Bertz CT molecular complexity index is 501. The van der Waals surface area contributed by atoms with E-state index in [4.69, 9.17) is 5.84 Å². The maximum Gasteiger partial charge on any atom is 0.242 e. The van der Waals surface area contributed by atoms with E-state index in [1.54, 1.807) is 24.3 Å². The van der Waals surface area contributed by atoms with Gasteiger partial charge in [-0.15, -0.1) is 0 Å². The summed E-state index contributed by atoms with van der Waals surface area (Å²) < 4.78 is 26.9. The quantitative estimate of drug-likeness (QED) is 0.542. The highest BCUT2D eigenvalue weighted by atomic mass is 32.2. The van der Waals surface area contributed by atoms with Crippen molar-refractivity contribution in [3.05, 3.63) is 24.3 Å². The molecule has 6 heteroatoms. The summed E-state index contributed by atoms with van der Waals surface area (Å²) >= 11 is 0. The number of benzene rings is 1. The lowest BCUT2D eigenvalue weighted by Crippen LogP contribution is -2.28. The topological polar surface area (TPSA) is 84.2 Å². The molecular weight excluding hydrogens is 238 g/mol. The van der Waals surface area contributed by atoms with Crippen molar-refractivity contribution in [2.75, 3.05) is 5.43 Å². The second-order valence-electron chi connectivity index (χ2n) is 4.27. The highest BCUT2D eigenvalue weighted by molar-refractivity contribution is 7.89. The Morgan fingerprint density at radius 2 is 2.12 bits per heavy atom. The molecule has 17 heavy (non-hydrogen) atoms. The Hall–Kier alpha value is -1.11. The van der Waals surface area contributed by atoms with Crippen LogP contribution in [0, 0.1) is 5.92 Å². The number of hydrogen-bond donors (Lipinski definition) is 3. The highest BCUT2D eigenvalue weighted by Crippen LogP contribution is 2.35. The van der Waals surface area contributed by atoms with Gasteiger partial charge in [0, 0.05) is 6.04 Å². The fourth-order valence-corrected chi connectivity index (χ4v) is 3.41. The lowest BCUT2D eigenvalue weighted by atomic mass is 10.3. The first-order valence-electron chi connectivity index (χ1n) is 5.66. The highest BCUT2D eigenvalue weighted by Gasteiger charge is 2.39. The lowest BCUT2D eigenvalue weighted by Gasteiger charge is -2.10. The molecule has 0 aliphatic heterocycles. The normalized spacial score (nSPS) is 23.4. The molecule has 0 saturated heterocycles. The predicted molar refractivity (Wildman–Crippen MR) is 66.8 cm³/mol. The minimum Gasteiger partial charge on any atom is -0.323 e. The molecule has 0 aromatic heterocycles. The van der Waals surface area contributed by atoms with E-state index in [9.17, 15) is 8.42 Å². The van der Waals surface area contributed by atoms with Gasteiger partial charge in [0.1, 0.15) is 4.90 Å². The smallest absolute Gasteiger partial charge is 0.242 e. The van der Waals surface area contributed by atoms with Crippen LogP contribution in [0.4, 0.5) is 5.69 Å². The molecule has 94 valence electrons. The van der Waals surface area contributed by atoms with Gasteiger partial charge in [0.25, 0.3) is 0 Å². The average molecular weight is 255 g/mol. The molecule has 0 spiro atoms. The van der Waals surface area contributed by atoms with Crippen LogP contribution in [-0.4, -0.2) is 14.5 Å². The Morgan fingerprint density at radius 1 is 1.41 bits per heavy atom. The Balaban J connectivity index is 2.20. The summed E-state index contributed by atoms with van der Waals surface area (Å²) in [4.78, 5) is 0.198. The van der Waals surface area contributed by atoms with E-state index in [0.29, 0.717) is 11.6 Å². The van der Waals surface area contributed by atoms with E-state index in [1.165, 1.54) is 0 Å². The van der Waals surface area contributed by atoms with Gasteiger partial charge in [0.05, 0.1) is 5.69 Å². The first-order valence-corrected chi connectivity index (χ1v) is 7.14. The van der Waals surface area contributed by atoms with Crippen LogP contribution >= 0.6 is 0 Å².